The number of nitrogens with two attached hydrogens (primary N) is 1. The van der Waals surface area contributed by atoms with Gasteiger partial charge in [0.1, 0.15) is 6.04 Å². The Bertz CT molecular complexity index is 423. The lowest BCUT2D eigenvalue weighted by atomic mass is 9.91. The van der Waals surface area contributed by atoms with Crippen LogP contribution >= 0.6 is 12.4 Å². The minimum absolute atomic E-state index is 0. The van der Waals surface area contributed by atoms with Gasteiger partial charge in [-0.05, 0) is 51.0 Å². The topological polar surface area (TPSA) is 98.5 Å². The predicted octanol–water partition coefficient (Wildman–Crippen LogP) is 1.58. The molecule has 6 nitrogen and oxygen atoms in total. The van der Waals surface area contributed by atoms with Crippen molar-refractivity contribution in [2.24, 2.45) is 11.7 Å². The minimum atomic E-state index is -3.48. The SMILES string of the molecule is COC(=O)C(CCCCN)NS(=O)(=O)C1CCC(C)CC1.Cl. The fourth-order valence-electron chi connectivity index (χ4n) is 2.69. The second-order valence-electron chi connectivity index (χ2n) is 5.90. The number of carbonyl (C=O) groups excluding carboxylic acids is 1. The first-order chi connectivity index (χ1) is 9.90. The van der Waals surface area contributed by atoms with E-state index in [2.05, 4.69) is 11.6 Å². The number of ether oxygens (including phenoxy) is 1. The third-order valence-electron chi connectivity index (χ3n) is 4.14. The highest BCUT2D eigenvalue weighted by Crippen LogP contribution is 2.27. The molecule has 1 saturated carbocycles. The molecule has 0 amide bonds. The monoisotopic (exact) mass is 356 g/mol. The summed E-state index contributed by atoms with van der Waals surface area (Å²) < 4.78 is 32.1. The quantitative estimate of drug-likeness (QED) is 0.508. The number of hydrogen-bond acceptors (Lipinski definition) is 5. The van der Waals surface area contributed by atoms with E-state index in [0.29, 0.717) is 38.1 Å². The highest BCUT2D eigenvalue weighted by molar-refractivity contribution is 7.90. The first kappa shape index (κ1) is 21.6. The molecular weight excluding hydrogens is 328 g/mol. The Morgan fingerprint density at radius 1 is 1.27 bits per heavy atom. The smallest absolute Gasteiger partial charge is 0.323 e. The van der Waals surface area contributed by atoms with Crippen LogP contribution in [-0.4, -0.2) is 39.3 Å². The van der Waals surface area contributed by atoms with E-state index >= 15 is 0 Å². The maximum absolute atomic E-state index is 12.4. The zero-order valence-electron chi connectivity index (χ0n) is 13.4. The molecule has 22 heavy (non-hydrogen) atoms. The third kappa shape index (κ3) is 6.81. The Hall–Kier alpha value is -0.370. The van der Waals surface area contributed by atoms with Gasteiger partial charge < -0.3 is 10.5 Å². The number of carbonyl (C=O) groups is 1. The van der Waals surface area contributed by atoms with Gasteiger partial charge in [-0.1, -0.05) is 13.3 Å². The summed E-state index contributed by atoms with van der Waals surface area (Å²) in [5, 5.41) is -0.393. The maximum atomic E-state index is 12.4. The molecule has 1 aliphatic carbocycles. The van der Waals surface area contributed by atoms with Crippen molar-refractivity contribution >= 4 is 28.4 Å². The Morgan fingerprint density at radius 3 is 2.36 bits per heavy atom. The summed E-state index contributed by atoms with van der Waals surface area (Å²) in [5.41, 5.74) is 5.43. The van der Waals surface area contributed by atoms with Gasteiger partial charge in [-0.3, -0.25) is 4.79 Å². The van der Waals surface area contributed by atoms with E-state index in [9.17, 15) is 13.2 Å². The highest BCUT2D eigenvalue weighted by atomic mass is 35.5. The standard InChI is InChI=1S/C14H28N2O4S.ClH/c1-11-6-8-12(9-7-11)21(18,19)16-13(14(17)20-2)5-3-4-10-15;/h11-13,16H,3-10,15H2,1-2H3;1H. The second-order valence-corrected chi connectivity index (χ2v) is 7.90. The van der Waals surface area contributed by atoms with Gasteiger partial charge >= 0.3 is 5.97 Å². The summed E-state index contributed by atoms with van der Waals surface area (Å²) in [6.45, 7) is 2.67. The minimum Gasteiger partial charge on any atom is -0.468 e. The first-order valence-corrected chi connectivity index (χ1v) is 9.24. The van der Waals surface area contributed by atoms with Gasteiger partial charge in [0.05, 0.1) is 12.4 Å². The number of hydrogen-bond donors (Lipinski definition) is 2. The van der Waals surface area contributed by atoms with Crippen molar-refractivity contribution in [3.8, 4) is 0 Å². The van der Waals surface area contributed by atoms with Crippen LogP contribution in [-0.2, 0) is 19.6 Å². The van der Waals surface area contributed by atoms with Crippen molar-refractivity contribution in [1.29, 1.82) is 0 Å². The van der Waals surface area contributed by atoms with Gasteiger partial charge in [-0.15, -0.1) is 12.4 Å². The number of rotatable bonds is 8. The van der Waals surface area contributed by atoms with Crippen molar-refractivity contribution < 1.29 is 17.9 Å². The van der Waals surface area contributed by atoms with Gasteiger partial charge in [0, 0.05) is 0 Å². The number of halogens is 1. The average Bonchev–Trinajstić information content (AvgIpc) is 2.46. The van der Waals surface area contributed by atoms with E-state index in [0.717, 1.165) is 19.3 Å². The largest absolute Gasteiger partial charge is 0.468 e. The normalized spacial score (nSPS) is 23.4. The Labute approximate surface area is 140 Å². The van der Waals surface area contributed by atoms with E-state index in [4.69, 9.17) is 10.5 Å². The van der Waals surface area contributed by atoms with Crippen LogP contribution < -0.4 is 10.5 Å². The zero-order chi connectivity index (χ0) is 15.9. The molecule has 132 valence electrons. The lowest BCUT2D eigenvalue weighted by molar-refractivity contribution is -0.142. The molecule has 1 unspecified atom stereocenters. The third-order valence-corrected chi connectivity index (χ3v) is 6.10. The lowest BCUT2D eigenvalue weighted by Gasteiger charge is -2.27. The van der Waals surface area contributed by atoms with Gasteiger partial charge in [-0.2, -0.15) is 0 Å². The summed E-state index contributed by atoms with van der Waals surface area (Å²) in [6, 6.07) is -0.800. The summed E-state index contributed by atoms with van der Waals surface area (Å²) in [5.74, 6) is 0.0529. The Balaban J connectivity index is 0.00000441. The molecule has 1 rings (SSSR count). The fraction of sp³-hybridized carbons (Fsp3) is 0.929. The summed E-state index contributed by atoms with van der Waals surface area (Å²) in [4.78, 5) is 11.7. The molecule has 1 atom stereocenters. The molecule has 0 aliphatic heterocycles. The molecular formula is C14H29ClN2O4S. The molecule has 3 N–H and O–H groups in total. The van der Waals surface area contributed by atoms with E-state index in [1.807, 2.05) is 0 Å². The Morgan fingerprint density at radius 2 is 1.86 bits per heavy atom. The van der Waals surface area contributed by atoms with Crippen molar-refractivity contribution in [2.75, 3.05) is 13.7 Å². The molecule has 0 spiro atoms. The van der Waals surface area contributed by atoms with Crippen molar-refractivity contribution in [2.45, 2.75) is 63.2 Å². The van der Waals surface area contributed by atoms with E-state index in [-0.39, 0.29) is 12.4 Å². The molecule has 1 aliphatic rings. The van der Waals surface area contributed by atoms with Crippen LogP contribution in [0, 0.1) is 5.92 Å². The number of sulfonamides is 1. The van der Waals surface area contributed by atoms with Crippen molar-refractivity contribution in [3.63, 3.8) is 0 Å². The highest BCUT2D eigenvalue weighted by Gasteiger charge is 2.33. The van der Waals surface area contributed by atoms with Gasteiger partial charge in [-0.25, -0.2) is 13.1 Å². The average molecular weight is 357 g/mol. The molecule has 0 heterocycles. The van der Waals surface area contributed by atoms with E-state index in [1.54, 1.807) is 0 Å². The van der Waals surface area contributed by atoms with Crippen LogP contribution in [0.1, 0.15) is 51.9 Å². The van der Waals surface area contributed by atoms with Crippen LogP contribution in [0.4, 0.5) is 0 Å². The first-order valence-electron chi connectivity index (χ1n) is 7.69. The van der Waals surface area contributed by atoms with Gasteiger partial charge in [0.15, 0.2) is 0 Å². The number of methoxy groups -OCH3 is 1. The molecule has 0 aromatic carbocycles. The van der Waals surface area contributed by atoms with Crippen molar-refractivity contribution in [3.05, 3.63) is 0 Å². The molecule has 8 heteroatoms. The van der Waals surface area contributed by atoms with Crippen LogP contribution in [0.15, 0.2) is 0 Å². The lowest BCUT2D eigenvalue weighted by Crippen LogP contribution is -2.46. The van der Waals surface area contributed by atoms with Crippen LogP contribution in [0.5, 0.6) is 0 Å². The second kappa shape index (κ2) is 10.4. The zero-order valence-corrected chi connectivity index (χ0v) is 15.0. The van der Waals surface area contributed by atoms with Crippen LogP contribution in [0.3, 0.4) is 0 Å². The fourth-order valence-corrected chi connectivity index (χ4v) is 4.39. The van der Waals surface area contributed by atoms with Crippen molar-refractivity contribution in [1.82, 2.24) is 4.72 Å². The molecule has 0 radical (unpaired) electrons. The molecule has 0 aromatic rings. The van der Waals surface area contributed by atoms with Gasteiger partial charge in [0.2, 0.25) is 10.0 Å². The summed E-state index contributed by atoms with van der Waals surface area (Å²) in [6.07, 6.45) is 5.03. The number of esters is 1. The Kier molecular flexibility index (Phi) is 10.2. The summed E-state index contributed by atoms with van der Waals surface area (Å²) in [7, 11) is -2.21. The van der Waals surface area contributed by atoms with E-state index in [1.165, 1.54) is 7.11 Å². The number of unbranched alkanes of at least 4 members (excludes halogenated alkanes) is 1. The van der Waals surface area contributed by atoms with Crippen LogP contribution in [0.2, 0.25) is 0 Å². The molecule has 0 saturated heterocycles. The molecule has 0 bridgehead atoms. The maximum Gasteiger partial charge on any atom is 0.323 e. The number of nitrogens with one attached hydrogen (secondary N) is 1. The van der Waals surface area contributed by atoms with Crippen LogP contribution in [0.25, 0.3) is 0 Å². The van der Waals surface area contributed by atoms with Gasteiger partial charge in [0.25, 0.3) is 0 Å². The van der Waals surface area contributed by atoms with E-state index < -0.39 is 27.3 Å². The molecule has 0 aromatic heterocycles. The predicted molar refractivity (Wildman–Crippen MR) is 89.4 cm³/mol. The summed E-state index contributed by atoms with van der Waals surface area (Å²) >= 11 is 0. The molecule has 1 fully saturated rings.